The van der Waals surface area contributed by atoms with Crippen molar-refractivity contribution in [3.8, 4) is 17.1 Å². The summed E-state index contributed by atoms with van der Waals surface area (Å²) in [5.41, 5.74) is 5.08. The van der Waals surface area contributed by atoms with Crippen molar-refractivity contribution in [2.45, 2.75) is 91.2 Å². The quantitative estimate of drug-likeness (QED) is 0.194. The molecule has 2 aromatic carbocycles. The number of nitrogens with zero attached hydrogens (tertiary/aromatic N) is 2. The number of hydrogen-bond donors (Lipinski definition) is 3. The number of nitrogens with one attached hydrogen (secondary N) is 2. The maximum atomic E-state index is 13.2. The monoisotopic (exact) mass is 638 g/mol. The second-order valence-electron chi connectivity index (χ2n) is 13.6. The lowest BCUT2D eigenvalue weighted by molar-refractivity contribution is -0.122. The van der Waals surface area contributed by atoms with E-state index in [4.69, 9.17) is 24.4 Å². The largest absolute Gasteiger partial charge is 0.483 e. The van der Waals surface area contributed by atoms with Gasteiger partial charge in [-0.05, 0) is 101 Å². The average Bonchev–Trinajstić information content (AvgIpc) is 2.94. The molecule has 0 amide bonds. The van der Waals surface area contributed by atoms with E-state index in [1.165, 1.54) is 0 Å². The van der Waals surface area contributed by atoms with Crippen molar-refractivity contribution in [1.82, 2.24) is 15.3 Å². The van der Waals surface area contributed by atoms with E-state index in [0.717, 1.165) is 60.4 Å². The fourth-order valence-electron chi connectivity index (χ4n) is 5.74. The summed E-state index contributed by atoms with van der Waals surface area (Å²) < 4.78 is 28.6. The second-order valence-corrected chi connectivity index (χ2v) is 14.8. The first-order valence-corrected chi connectivity index (χ1v) is 16.6. The molecule has 0 saturated carbocycles. The lowest BCUT2D eigenvalue weighted by atomic mass is 9.86. The van der Waals surface area contributed by atoms with Gasteiger partial charge in [0.05, 0.1) is 16.2 Å². The molecule has 0 bridgehead atoms. The Morgan fingerprint density at radius 2 is 1.78 bits per heavy atom. The van der Waals surface area contributed by atoms with Gasteiger partial charge in [0.2, 0.25) is 11.8 Å². The first kappa shape index (κ1) is 36.1. The SMILES string of the molecule is Cc1cccc(S(=O)Nc2nc(OCC(CC(C)(C)C)NCC3CCOC(C)(C)C3)cc(-c3c(C)cccc3C)n2)c1.O=CO. The second kappa shape index (κ2) is 16.3. The third-order valence-corrected chi connectivity index (χ3v) is 8.66. The van der Waals surface area contributed by atoms with Gasteiger partial charge in [-0.15, -0.1) is 0 Å². The molecule has 246 valence electrons. The minimum atomic E-state index is -1.52. The Hall–Kier alpha value is -3.34. The molecule has 10 heteroatoms. The summed E-state index contributed by atoms with van der Waals surface area (Å²) in [7, 11) is -1.52. The number of carbonyl (C=O) groups is 1. The molecular formula is C35H50N4O5S. The zero-order valence-corrected chi connectivity index (χ0v) is 28.8. The number of carboxylic acid groups (broad SMARTS) is 1. The van der Waals surface area contributed by atoms with Gasteiger partial charge in [0, 0.05) is 24.3 Å². The van der Waals surface area contributed by atoms with Crippen LogP contribution in [0.4, 0.5) is 5.95 Å². The number of ether oxygens (including phenoxy) is 2. The van der Waals surface area contributed by atoms with Crippen molar-refractivity contribution in [1.29, 1.82) is 0 Å². The Kier molecular flexibility index (Phi) is 13.1. The topological polar surface area (TPSA) is 123 Å². The van der Waals surface area contributed by atoms with E-state index in [-0.39, 0.29) is 29.5 Å². The van der Waals surface area contributed by atoms with Crippen LogP contribution in [0, 0.1) is 32.1 Å². The Bertz CT molecular complexity index is 1420. The number of aryl methyl sites for hydroxylation is 3. The first-order valence-electron chi connectivity index (χ1n) is 15.5. The molecule has 45 heavy (non-hydrogen) atoms. The van der Waals surface area contributed by atoms with Crippen molar-refractivity contribution < 1.29 is 23.6 Å². The van der Waals surface area contributed by atoms with Crippen LogP contribution in [-0.2, 0) is 20.5 Å². The van der Waals surface area contributed by atoms with E-state index >= 15 is 0 Å². The molecule has 3 N–H and O–H groups in total. The van der Waals surface area contributed by atoms with Gasteiger partial charge in [0.15, 0.2) is 11.0 Å². The average molecular weight is 639 g/mol. The summed E-state index contributed by atoms with van der Waals surface area (Å²) in [5.74, 6) is 1.30. The third kappa shape index (κ3) is 11.8. The molecule has 0 radical (unpaired) electrons. The van der Waals surface area contributed by atoms with Crippen LogP contribution in [0.2, 0.25) is 0 Å². The van der Waals surface area contributed by atoms with E-state index < -0.39 is 11.0 Å². The molecule has 1 aromatic heterocycles. The minimum Gasteiger partial charge on any atom is -0.483 e. The highest BCUT2D eigenvalue weighted by Crippen LogP contribution is 2.31. The molecule has 3 aromatic rings. The zero-order valence-electron chi connectivity index (χ0n) is 28.0. The molecular weight excluding hydrogens is 588 g/mol. The Labute approximate surface area is 271 Å². The molecule has 0 aliphatic carbocycles. The van der Waals surface area contributed by atoms with Gasteiger partial charge >= 0.3 is 0 Å². The minimum absolute atomic E-state index is 0.0758. The first-order chi connectivity index (χ1) is 21.2. The van der Waals surface area contributed by atoms with E-state index in [0.29, 0.717) is 23.3 Å². The molecule has 4 rings (SSSR count). The summed E-state index contributed by atoms with van der Waals surface area (Å²) in [6.45, 7) is 19.2. The zero-order chi connectivity index (χ0) is 33.2. The smallest absolute Gasteiger partial charge is 0.290 e. The summed E-state index contributed by atoms with van der Waals surface area (Å²) in [6.07, 6.45) is 3.07. The maximum Gasteiger partial charge on any atom is 0.290 e. The third-order valence-electron chi connectivity index (χ3n) is 7.61. The summed E-state index contributed by atoms with van der Waals surface area (Å²) in [5, 5.41) is 10.7. The number of aromatic nitrogens is 2. The van der Waals surface area contributed by atoms with Gasteiger partial charge < -0.3 is 19.9 Å². The van der Waals surface area contributed by atoms with Gasteiger partial charge in [0.1, 0.15) is 6.61 Å². The molecule has 1 aliphatic rings. The predicted molar refractivity (Wildman–Crippen MR) is 181 cm³/mol. The fraction of sp³-hybridized carbons (Fsp3) is 0.514. The van der Waals surface area contributed by atoms with Crippen LogP contribution in [0.5, 0.6) is 5.88 Å². The van der Waals surface area contributed by atoms with Crippen LogP contribution >= 0.6 is 0 Å². The van der Waals surface area contributed by atoms with Crippen LogP contribution in [0.3, 0.4) is 0 Å². The van der Waals surface area contributed by atoms with Crippen molar-refractivity contribution in [2.75, 3.05) is 24.5 Å². The molecule has 1 fully saturated rings. The highest BCUT2D eigenvalue weighted by atomic mass is 32.2. The van der Waals surface area contributed by atoms with Crippen LogP contribution in [0.15, 0.2) is 53.4 Å². The Balaban J connectivity index is 0.00000177. The highest BCUT2D eigenvalue weighted by Gasteiger charge is 2.29. The standard InChI is InChI=1S/C34H48N4O3S.CH2O2/c1-23-11-9-14-28(17-23)42(39)38-32-36-29(31-24(2)12-10-13-25(31)3)18-30(37-32)40-22-27(20-33(4,5)6)35-21-26-15-16-41-34(7,8)19-26;2-1-3/h9-14,17-18,26-27,35H,15-16,19-22H2,1-8H3,(H,36,37,38);1H,(H,2,3). The number of rotatable bonds is 11. The van der Waals surface area contributed by atoms with E-state index in [2.05, 4.69) is 75.6 Å². The van der Waals surface area contributed by atoms with Crippen molar-refractivity contribution in [3.05, 3.63) is 65.2 Å². The molecule has 2 heterocycles. The van der Waals surface area contributed by atoms with Gasteiger partial charge in [-0.2, -0.15) is 4.98 Å². The van der Waals surface area contributed by atoms with Gasteiger partial charge in [-0.25, -0.2) is 9.19 Å². The highest BCUT2D eigenvalue weighted by molar-refractivity contribution is 7.86. The van der Waals surface area contributed by atoms with Gasteiger partial charge in [0.25, 0.3) is 6.47 Å². The lowest BCUT2D eigenvalue weighted by Gasteiger charge is -2.36. The normalized spacial score (nSPS) is 17.4. The molecule has 1 saturated heterocycles. The van der Waals surface area contributed by atoms with Crippen LogP contribution in [0.25, 0.3) is 11.3 Å². The van der Waals surface area contributed by atoms with Crippen molar-refractivity contribution in [2.24, 2.45) is 11.3 Å². The van der Waals surface area contributed by atoms with Crippen LogP contribution in [0.1, 0.15) is 70.6 Å². The Morgan fingerprint density at radius 1 is 1.11 bits per heavy atom. The molecule has 3 atom stereocenters. The number of benzene rings is 2. The fourth-order valence-corrected chi connectivity index (χ4v) is 6.61. The Morgan fingerprint density at radius 3 is 2.40 bits per heavy atom. The molecule has 9 nitrogen and oxygen atoms in total. The predicted octanol–water partition coefficient (Wildman–Crippen LogP) is 6.88. The molecule has 1 aliphatic heterocycles. The molecule has 3 unspecified atom stereocenters. The van der Waals surface area contributed by atoms with E-state index in [1.807, 2.05) is 43.3 Å². The van der Waals surface area contributed by atoms with Crippen LogP contribution < -0.4 is 14.8 Å². The van der Waals surface area contributed by atoms with E-state index in [1.54, 1.807) is 0 Å². The number of hydrogen-bond acceptors (Lipinski definition) is 7. The summed E-state index contributed by atoms with van der Waals surface area (Å²) >= 11 is 0. The lowest BCUT2D eigenvalue weighted by Crippen LogP contribution is -2.43. The summed E-state index contributed by atoms with van der Waals surface area (Å²) in [6, 6.07) is 15.8. The van der Waals surface area contributed by atoms with Gasteiger partial charge in [-0.3, -0.25) is 9.52 Å². The molecule has 0 spiro atoms. The summed E-state index contributed by atoms with van der Waals surface area (Å²) in [4.78, 5) is 18.5. The van der Waals surface area contributed by atoms with Gasteiger partial charge in [-0.1, -0.05) is 51.1 Å². The van der Waals surface area contributed by atoms with Crippen molar-refractivity contribution >= 4 is 23.4 Å². The van der Waals surface area contributed by atoms with Crippen LogP contribution in [-0.4, -0.2) is 57.2 Å². The maximum absolute atomic E-state index is 13.2. The van der Waals surface area contributed by atoms with Crippen molar-refractivity contribution in [3.63, 3.8) is 0 Å². The van der Waals surface area contributed by atoms with E-state index in [9.17, 15) is 4.21 Å². The number of anilines is 1.